The van der Waals surface area contributed by atoms with E-state index < -0.39 is 161 Å². The SMILES string of the molecule is C/C=C/C[C@@H](C)[C@@H](O)[C@H]1C(=O)N[C@@H](CC)C(=O)N(C)CC(=O)N(C)[C@@H](CC(C)C)C(=O)N[C@@H](C(C)C)C(=O)N(C)[C@@H](CC(C)C)C(=O)N[C@@H](C)C(=O)N[C@H](C)C(=O)N(C)[C@H](SCCN(C)C)C(=O)N(C)[C@@H](CC(C)(C)O)C(=O)N(C)[C@@H](C(C)C)C(=O)N1C. The molecular weight excluding hydrogens is 1150 g/mol. The second-order valence-corrected chi connectivity index (χ2v) is 27.5. The minimum absolute atomic E-state index is 0.00258. The Balaban J connectivity index is 4.39. The molecule has 0 spiro atoms. The van der Waals surface area contributed by atoms with Crippen LogP contribution in [0.1, 0.15) is 136 Å². The first kappa shape index (κ1) is 80.2. The highest BCUT2D eigenvalue weighted by Gasteiger charge is 2.46. The van der Waals surface area contributed by atoms with Crippen LogP contribution < -0.4 is 21.3 Å². The molecule has 11 amide bonds. The van der Waals surface area contributed by atoms with Gasteiger partial charge in [-0.25, -0.2) is 0 Å². The second-order valence-electron chi connectivity index (χ2n) is 26.4. The highest BCUT2D eigenvalue weighted by molar-refractivity contribution is 8.00. The minimum atomic E-state index is -1.66. The van der Waals surface area contributed by atoms with Crippen molar-refractivity contribution in [3.63, 3.8) is 0 Å². The molecule has 12 atom stereocenters. The van der Waals surface area contributed by atoms with Crippen molar-refractivity contribution in [2.75, 3.05) is 82.3 Å². The summed E-state index contributed by atoms with van der Waals surface area (Å²) in [5.74, 6) is -9.90. The number of amides is 11. The molecule has 0 aromatic carbocycles. The van der Waals surface area contributed by atoms with Crippen LogP contribution in [0.5, 0.6) is 0 Å². The number of aliphatic hydroxyl groups is 2. The number of thioether (sulfide) groups is 1. The van der Waals surface area contributed by atoms with E-state index in [-0.39, 0.29) is 43.9 Å². The number of likely N-dealkylation sites (N-methyl/N-ethyl adjacent to an activating group) is 7. The largest absolute Gasteiger partial charge is 0.390 e. The Kier molecular flexibility index (Phi) is 32.9. The Bertz CT molecular complexity index is 2420. The number of nitrogens with one attached hydrogen (secondary N) is 4. The molecule has 25 nitrogen and oxygen atoms in total. The summed E-state index contributed by atoms with van der Waals surface area (Å²) in [5.41, 5.74) is -1.59. The topological polar surface area (TPSA) is 302 Å². The number of hydrogen-bond acceptors (Lipinski definition) is 15. The quantitative estimate of drug-likeness (QED) is 0.113. The van der Waals surface area contributed by atoms with Crippen molar-refractivity contribution in [2.45, 2.75) is 207 Å². The van der Waals surface area contributed by atoms with Crippen LogP contribution in [0.4, 0.5) is 0 Å². The maximum Gasteiger partial charge on any atom is 0.256 e. The molecule has 1 aliphatic rings. The van der Waals surface area contributed by atoms with Gasteiger partial charge in [0.15, 0.2) is 5.37 Å². The highest BCUT2D eigenvalue weighted by Crippen LogP contribution is 2.27. The molecular formula is C62H112N12O13S. The van der Waals surface area contributed by atoms with E-state index in [0.717, 1.165) is 36.3 Å². The van der Waals surface area contributed by atoms with Gasteiger partial charge in [0.25, 0.3) is 5.91 Å². The Hall–Kier alpha value is -5.86. The molecule has 88 heavy (non-hydrogen) atoms. The molecule has 0 unspecified atom stereocenters. The van der Waals surface area contributed by atoms with Crippen molar-refractivity contribution in [3.8, 4) is 0 Å². The number of nitrogens with zero attached hydrogens (tertiary/aromatic N) is 8. The Morgan fingerprint density at radius 1 is 0.591 bits per heavy atom. The zero-order valence-corrected chi connectivity index (χ0v) is 58.2. The normalized spacial score (nSPS) is 26.5. The fourth-order valence-corrected chi connectivity index (χ4v) is 11.7. The van der Waals surface area contributed by atoms with E-state index in [4.69, 9.17) is 0 Å². The van der Waals surface area contributed by atoms with Gasteiger partial charge in [-0.15, -0.1) is 11.8 Å². The summed E-state index contributed by atoms with van der Waals surface area (Å²) in [4.78, 5) is 171. The van der Waals surface area contributed by atoms with Crippen LogP contribution >= 0.6 is 11.8 Å². The molecule has 504 valence electrons. The summed E-state index contributed by atoms with van der Waals surface area (Å²) in [6.07, 6.45) is 2.22. The highest BCUT2D eigenvalue weighted by atomic mass is 32.2. The predicted molar refractivity (Wildman–Crippen MR) is 341 cm³/mol. The first-order chi connectivity index (χ1) is 40.5. The molecule has 26 heteroatoms. The third kappa shape index (κ3) is 23.2. The first-order valence-corrected chi connectivity index (χ1v) is 31.9. The maximum absolute atomic E-state index is 15.2. The van der Waals surface area contributed by atoms with Gasteiger partial charge >= 0.3 is 0 Å². The molecule has 6 N–H and O–H groups in total. The third-order valence-electron chi connectivity index (χ3n) is 16.0. The van der Waals surface area contributed by atoms with Gasteiger partial charge in [-0.2, -0.15) is 0 Å². The number of hydrogen-bond donors (Lipinski definition) is 6. The molecule has 0 radical (unpaired) electrons. The molecule has 0 saturated carbocycles. The lowest BCUT2D eigenvalue weighted by Gasteiger charge is -2.42. The lowest BCUT2D eigenvalue weighted by atomic mass is 9.91. The van der Waals surface area contributed by atoms with Gasteiger partial charge < -0.3 is 70.7 Å². The number of carbonyl (C=O) groups is 11. The van der Waals surface area contributed by atoms with Crippen LogP contribution in [-0.2, 0) is 52.7 Å². The number of allylic oxidation sites excluding steroid dienone is 2. The van der Waals surface area contributed by atoms with Crippen molar-refractivity contribution in [3.05, 3.63) is 12.2 Å². The van der Waals surface area contributed by atoms with Crippen molar-refractivity contribution >= 4 is 76.7 Å². The van der Waals surface area contributed by atoms with E-state index >= 15 is 14.4 Å². The van der Waals surface area contributed by atoms with Crippen LogP contribution in [0.25, 0.3) is 0 Å². The Labute approximate surface area is 529 Å². The molecule has 0 aromatic heterocycles. The summed E-state index contributed by atoms with van der Waals surface area (Å²) in [6, 6.07) is -11.8. The van der Waals surface area contributed by atoms with Crippen LogP contribution in [0.3, 0.4) is 0 Å². The summed E-state index contributed by atoms with van der Waals surface area (Å²) >= 11 is 1.09. The van der Waals surface area contributed by atoms with Gasteiger partial charge in [-0.3, -0.25) is 52.7 Å². The molecule has 1 rings (SSSR count). The molecule has 0 aromatic rings. The monoisotopic (exact) mass is 1260 g/mol. The van der Waals surface area contributed by atoms with E-state index in [0.29, 0.717) is 12.3 Å². The van der Waals surface area contributed by atoms with Gasteiger partial charge in [0.2, 0.25) is 59.1 Å². The summed E-state index contributed by atoms with van der Waals surface area (Å²) < 4.78 is 0. The Morgan fingerprint density at radius 2 is 1.09 bits per heavy atom. The lowest BCUT2D eigenvalue weighted by Crippen LogP contribution is -2.63. The van der Waals surface area contributed by atoms with Gasteiger partial charge in [0.05, 0.1) is 18.2 Å². The van der Waals surface area contributed by atoms with E-state index in [1.165, 1.54) is 86.8 Å². The summed E-state index contributed by atoms with van der Waals surface area (Å²) in [5, 5.41) is 33.1. The van der Waals surface area contributed by atoms with Gasteiger partial charge in [-0.05, 0) is 104 Å². The van der Waals surface area contributed by atoms with Crippen molar-refractivity contribution in [2.24, 2.45) is 29.6 Å². The smallest absolute Gasteiger partial charge is 0.256 e. The average molecular weight is 1270 g/mol. The van der Waals surface area contributed by atoms with E-state index in [1.807, 2.05) is 46.7 Å². The number of aliphatic hydroxyl groups excluding tert-OH is 1. The van der Waals surface area contributed by atoms with Gasteiger partial charge in [-0.1, -0.05) is 81.4 Å². The molecule has 1 aliphatic heterocycles. The maximum atomic E-state index is 15.2. The first-order valence-electron chi connectivity index (χ1n) is 30.8. The molecule has 1 heterocycles. The van der Waals surface area contributed by atoms with Crippen molar-refractivity contribution < 1.29 is 63.0 Å². The zero-order valence-electron chi connectivity index (χ0n) is 57.4. The van der Waals surface area contributed by atoms with Crippen LogP contribution in [0.15, 0.2) is 12.2 Å². The van der Waals surface area contributed by atoms with E-state index in [9.17, 15) is 48.6 Å². The van der Waals surface area contributed by atoms with Crippen LogP contribution in [0, 0.1) is 29.6 Å². The van der Waals surface area contributed by atoms with E-state index in [2.05, 4.69) is 21.3 Å². The van der Waals surface area contributed by atoms with Crippen LogP contribution in [-0.4, -0.2) is 268 Å². The molecule has 0 aliphatic carbocycles. The molecule has 0 bridgehead atoms. The standard InChI is InChI=1S/C62H112N12O13S/c1-25-27-28-39(11)50(76)49-54(80)65-42(26-2)56(82)68(18)34-46(75)69(19)43(31-35(3)4)53(79)66-47(37(7)8)58(84)70(20)44(32-36(5)6)52(78)63-40(12)51(77)64-41(13)55(81)74(24)61(88-30-29-67(16)17)60(86)71(21)45(33-62(14,15)87)57(83)72(22)48(38(9)10)59(85)73(49)23/h25,27,35-45,47-50,61,76,87H,26,28-34H2,1-24H3,(H,63,78)(H,64,77)(H,65,80)(H,66,79)/b27-25+/t39-,40+,41-,42+,43+,44+,45+,47+,48+,49+,50-,61-/m1/s1. The number of carbonyl (C=O) groups excluding carboxylic acids is 11. The third-order valence-corrected chi connectivity index (χ3v) is 17.3. The van der Waals surface area contributed by atoms with Gasteiger partial charge in [0, 0.05) is 68.1 Å². The lowest BCUT2D eigenvalue weighted by molar-refractivity contribution is -0.157. The molecule has 1 saturated heterocycles. The average Bonchev–Trinajstić information content (AvgIpc) is 2.56. The number of rotatable bonds is 17. The van der Waals surface area contributed by atoms with Crippen molar-refractivity contribution in [1.82, 2.24) is 60.5 Å². The molecule has 1 fully saturated rings. The second kappa shape index (κ2) is 36.1. The van der Waals surface area contributed by atoms with Gasteiger partial charge in [0.1, 0.15) is 54.4 Å². The minimum Gasteiger partial charge on any atom is -0.390 e. The summed E-state index contributed by atoms with van der Waals surface area (Å²) in [7, 11) is 13.2. The summed E-state index contributed by atoms with van der Waals surface area (Å²) in [6.45, 7) is 24.9. The zero-order chi connectivity index (χ0) is 68.3. The van der Waals surface area contributed by atoms with Crippen LogP contribution in [0.2, 0.25) is 0 Å². The fourth-order valence-electron chi connectivity index (χ4n) is 10.4. The van der Waals surface area contributed by atoms with E-state index in [1.54, 1.807) is 60.6 Å². The predicted octanol–water partition coefficient (Wildman–Crippen LogP) is 1.59. The Morgan fingerprint density at radius 3 is 1.57 bits per heavy atom. The fraction of sp³-hybridized carbons (Fsp3) is 0.790. The van der Waals surface area contributed by atoms with Crippen molar-refractivity contribution in [1.29, 1.82) is 0 Å².